The second-order valence-corrected chi connectivity index (χ2v) is 6.14. The number of fused-ring (bicyclic) bond motifs is 1. The number of piperidine rings is 1. The summed E-state index contributed by atoms with van der Waals surface area (Å²) in [5.41, 5.74) is 0. The standard InChI is InChI=1S/C12H15ClN2OS/c13-10-2-4-17-11(10)12(16)15-3-1-8-5-14-6-9(8)7-15/h2,4,8-9,14H,1,3,5-7H2. The van der Waals surface area contributed by atoms with Crippen molar-refractivity contribution in [2.24, 2.45) is 11.8 Å². The van der Waals surface area contributed by atoms with E-state index < -0.39 is 0 Å². The molecule has 92 valence electrons. The Bertz CT molecular complexity index is 434. The number of carbonyl (C=O) groups is 1. The maximum atomic E-state index is 12.3. The number of halogens is 1. The highest BCUT2D eigenvalue weighted by molar-refractivity contribution is 7.12. The van der Waals surface area contributed by atoms with E-state index in [0.717, 1.165) is 38.5 Å². The number of likely N-dealkylation sites (tertiary alicyclic amines) is 1. The van der Waals surface area contributed by atoms with Crippen molar-refractivity contribution >= 4 is 28.8 Å². The van der Waals surface area contributed by atoms with Crippen LogP contribution in [0, 0.1) is 11.8 Å². The molecule has 0 aromatic carbocycles. The lowest BCUT2D eigenvalue weighted by Gasteiger charge is -2.34. The summed E-state index contributed by atoms with van der Waals surface area (Å²) in [5.74, 6) is 1.50. The molecule has 2 aliphatic heterocycles. The minimum atomic E-state index is 0.107. The van der Waals surface area contributed by atoms with Gasteiger partial charge in [-0.15, -0.1) is 11.3 Å². The van der Waals surface area contributed by atoms with Gasteiger partial charge in [-0.3, -0.25) is 4.79 Å². The largest absolute Gasteiger partial charge is 0.338 e. The van der Waals surface area contributed by atoms with E-state index in [0.29, 0.717) is 15.8 Å². The van der Waals surface area contributed by atoms with E-state index >= 15 is 0 Å². The first-order valence-electron chi connectivity index (χ1n) is 5.98. The maximum Gasteiger partial charge on any atom is 0.265 e. The first-order valence-corrected chi connectivity index (χ1v) is 7.24. The van der Waals surface area contributed by atoms with Gasteiger partial charge in [0.25, 0.3) is 5.91 Å². The molecule has 5 heteroatoms. The van der Waals surface area contributed by atoms with E-state index in [2.05, 4.69) is 5.32 Å². The molecule has 1 aromatic rings. The van der Waals surface area contributed by atoms with Gasteiger partial charge >= 0.3 is 0 Å². The molecule has 1 N–H and O–H groups in total. The van der Waals surface area contributed by atoms with Gasteiger partial charge in [0.2, 0.25) is 0 Å². The molecule has 0 radical (unpaired) electrons. The molecular formula is C12H15ClN2OS. The van der Waals surface area contributed by atoms with Gasteiger partial charge in [-0.1, -0.05) is 11.6 Å². The molecular weight excluding hydrogens is 256 g/mol. The molecule has 2 unspecified atom stereocenters. The van der Waals surface area contributed by atoms with Crippen molar-refractivity contribution < 1.29 is 4.79 Å². The monoisotopic (exact) mass is 270 g/mol. The Balaban J connectivity index is 1.73. The molecule has 0 aliphatic carbocycles. The molecule has 2 aliphatic rings. The van der Waals surface area contributed by atoms with E-state index in [9.17, 15) is 4.79 Å². The lowest BCUT2D eigenvalue weighted by Crippen LogP contribution is -2.43. The van der Waals surface area contributed by atoms with Gasteiger partial charge in [0.1, 0.15) is 4.88 Å². The fraction of sp³-hybridized carbons (Fsp3) is 0.583. The molecule has 3 heterocycles. The Hall–Kier alpha value is -0.580. The Morgan fingerprint density at radius 1 is 1.47 bits per heavy atom. The summed E-state index contributed by atoms with van der Waals surface area (Å²) in [7, 11) is 0. The number of nitrogens with one attached hydrogen (secondary N) is 1. The number of nitrogens with zero attached hydrogens (tertiary/aromatic N) is 1. The van der Waals surface area contributed by atoms with E-state index in [1.807, 2.05) is 10.3 Å². The fourth-order valence-electron chi connectivity index (χ4n) is 2.81. The van der Waals surface area contributed by atoms with Gasteiger partial charge in [0.15, 0.2) is 0 Å². The van der Waals surface area contributed by atoms with Gasteiger partial charge in [0, 0.05) is 13.1 Å². The highest BCUT2D eigenvalue weighted by Gasteiger charge is 2.35. The van der Waals surface area contributed by atoms with Crippen LogP contribution >= 0.6 is 22.9 Å². The first-order chi connectivity index (χ1) is 8.25. The van der Waals surface area contributed by atoms with E-state index in [-0.39, 0.29) is 5.91 Å². The topological polar surface area (TPSA) is 32.3 Å². The molecule has 3 nitrogen and oxygen atoms in total. The summed E-state index contributed by atoms with van der Waals surface area (Å²) in [4.78, 5) is 15.0. The zero-order chi connectivity index (χ0) is 11.8. The molecule has 2 fully saturated rings. The molecule has 17 heavy (non-hydrogen) atoms. The molecule has 3 rings (SSSR count). The molecule has 1 aromatic heterocycles. The summed E-state index contributed by atoms with van der Waals surface area (Å²) >= 11 is 7.45. The number of hydrogen-bond acceptors (Lipinski definition) is 3. The molecule has 0 saturated carbocycles. The zero-order valence-corrected chi connectivity index (χ0v) is 11.1. The SMILES string of the molecule is O=C(c1sccc1Cl)N1CCC2CNCC2C1. The normalized spacial score (nSPS) is 28.2. The Morgan fingerprint density at radius 3 is 3.06 bits per heavy atom. The summed E-state index contributed by atoms with van der Waals surface area (Å²) in [5, 5.41) is 5.87. The van der Waals surface area contributed by atoms with Crippen LogP contribution in [0.15, 0.2) is 11.4 Å². The van der Waals surface area contributed by atoms with Crippen molar-refractivity contribution in [1.82, 2.24) is 10.2 Å². The van der Waals surface area contributed by atoms with E-state index in [1.54, 1.807) is 6.07 Å². The maximum absolute atomic E-state index is 12.3. The first kappa shape index (κ1) is 11.5. The second-order valence-electron chi connectivity index (χ2n) is 4.82. The van der Waals surface area contributed by atoms with Crippen molar-refractivity contribution in [3.63, 3.8) is 0 Å². The summed E-state index contributed by atoms with van der Waals surface area (Å²) < 4.78 is 0. The molecule has 2 saturated heterocycles. The zero-order valence-electron chi connectivity index (χ0n) is 9.49. The number of amides is 1. The van der Waals surface area contributed by atoms with Crippen LogP contribution in [0.3, 0.4) is 0 Å². The van der Waals surface area contributed by atoms with Crippen molar-refractivity contribution in [1.29, 1.82) is 0 Å². The average Bonchev–Trinajstić information content (AvgIpc) is 2.95. The molecule has 0 bridgehead atoms. The van der Waals surface area contributed by atoms with E-state index in [1.165, 1.54) is 11.3 Å². The van der Waals surface area contributed by atoms with Crippen molar-refractivity contribution in [3.05, 3.63) is 21.3 Å². The fourth-order valence-corrected chi connectivity index (χ4v) is 3.91. The smallest absolute Gasteiger partial charge is 0.265 e. The van der Waals surface area contributed by atoms with Crippen LogP contribution in [0.25, 0.3) is 0 Å². The minimum Gasteiger partial charge on any atom is -0.338 e. The van der Waals surface area contributed by atoms with Crippen molar-refractivity contribution in [3.8, 4) is 0 Å². The van der Waals surface area contributed by atoms with Crippen LogP contribution in [-0.2, 0) is 0 Å². The van der Waals surface area contributed by atoms with Crippen LogP contribution in [0.2, 0.25) is 5.02 Å². The summed E-state index contributed by atoms with van der Waals surface area (Å²) in [6.45, 7) is 3.92. The van der Waals surface area contributed by atoms with Crippen LogP contribution in [-0.4, -0.2) is 37.0 Å². The van der Waals surface area contributed by atoms with Crippen molar-refractivity contribution in [2.45, 2.75) is 6.42 Å². The second kappa shape index (κ2) is 4.59. The average molecular weight is 271 g/mol. The van der Waals surface area contributed by atoms with Gasteiger partial charge in [0.05, 0.1) is 5.02 Å². The number of carbonyl (C=O) groups excluding carboxylic acids is 1. The van der Waals surface area contributed by atoms with Crippen LogP contribution in [0.5, 0.6) is 0 Å². The van der Waals surface area contributed by atoms with Crippen LogP contribution in [0.1, 0.15) is 16.1 Å². The van der Waals surface area contributed by atoms with Crippen molar-refractivity contribution in [2.75, 3.05) is 26.2 Å². The molecule has 2 atom stereocenters. The predicted octanol–water partition coefficient (Wildman–Crippen LogP) is 2.08. The Morgan fingerprint density at radius 2 is 2.29 bits per heavy atom. The van der Waals surface area contributed by atoms with Gasteiger partial charge < -0.3 is 10.2 Å². The third-order valence-corrected chi connectivity index (χ3v) is 5.13. The number of rotatable bonds is 1. The lowest BCUT2D eigenvalue weighted by molar-refractivity contribution is 0.0647. The quantitative estimate of drug-likeness (QED) is 0.848. The number of thiophene rings is 1. The number of hydrogen-bond donors (Lipinski definition) is 1. The minimum absolute atomic E-state index is 0.107. The highest BCUT2D eigenvalue weighted by atomic mass is 35.5. The van der Waals surface area contributed by atoms with Gasteiger partial charge in [-0.05, 0) is 42.8 Å². The summed E-state index contributed by atoms with van der Waals surface area (Å²) in [6.07, 6.45) is 1.12. The van der Waals surface area contributed by atoms with Crippen LogP contribution < -0.4 is 5.32 Å². The Kier molecular flexibility index (Phi) is 3.11. The molecule has 1 amide bonds. The summed E-state index contributed by atoms with van der Waals surface area (Å²) in [6, 6.07) is 1.79. The highest BCUT2D eigenvalue weighted by Crippen LogP contribution is 2.30. The van der Waals surface area contributed by atoms with Gasteiger partial charge in [-0.25, -0.2) is 0 Å². The predicted molar refractivity (Wildman–Crippen MR) is 69.7 cm³/mol. The Labute approximate surface area is 110 Å². The molecule has 0 spiro atoms. The third kappa shape index (κ3) is 2.09. The third-order valence-electron chi connectivity index (χ3n) is 3.80. The van der Waals surface area contributed by atoms with Crippen LogP contribution in [0.4, 0.5) is 0 Å². The van der Waals surface area contributed by atoms with E-state index in [4.69, 9.17) is 11.6 Å². The van der Waals surface area contributed by atoms with Gasteiger partial charge in [-0.2, -0.15) is 0 Å². The lowest BCUT2D eigenvalue weighted by atomic mass is 9.88.